The molecule has 1 aliphatic heterocycles. The second kappa shape index (κ2) is 7.29. The third-order valence-electron chi connectivity index (χ3n) is 5.14. The molecule has 3 aromatic heterocycles. The highest BCUT2D eigenvalue weighted by atomic mass is 32.1. The van der Waals surface area contributed by atoms with Gasteiger partial charge in [-0.25, -0.2) is 15.0 Å². The molecule has 1 aromatic carbocycles. The van der Waals surface area contributed by atoms with Crippen LogP contribution in [0.15, 0.2) is 42.0 Å². The van der Waals surface area contributed by atoms with Crippen LogP contribution in [0.1, 0.15) is 28.9 Å². The Morgan fingerprint density at radius 1 is 1.17 bits per heavy atom. The molecule has 1 amide bonds. The minimum atomic E-state index is -0.178. The number of thiazole rings is 1. The molecule has 1 saturated heterocycles. The molecule has 0 aliphatic carbocycles. The standard InChI is InChI=1S/C21H20N6OS/c1-13-19(29-12-23-13)20-25-16-6-5-15(10-17(16)26-20)24-21(28)14-4-7-18(22-11-14)27-8-2-3-9-27/h4-7,10-12H,2-3,8-9H2,1H3,(H,24,28)(H,25,26). The third kappa shape index (κ3) is 3.47. The Morgan fingerprint density at radius 2 is 2.03 bits per heavy atom. The van der Waals surface area contributed by atoms with Crippen LogP contribution < -0.4 is 10.2 Å². The molecule has 8 heteroatoms. The molecule has 146 valence electrons. The van der Waals surface area contributed by atoms with Crippen LogP contribution in [0.2, 0.25) is 0 Å². The van der Waals surface area contributed by atoms with Gasteiger partial charge < -0.3 is 15.2 Å². The largest absolute Gasteiger partial charge is 0.357 e. The lowest BCUT2D eigenvalue weighted by molar-refractivity contribution is 0.102. The monoisotopic (exact) mass is 404 g/mol. The first kappa shape index (κ1) is 17.8. The topological polar surface area (TPSA) is 86.8 Å². The number of anilines is 2. The number of aryl methyl sites for hydroxylation is 1. The minimum Gasteiger partial charge on any atom is -0.357 e. The number of rotatable bonds is 4. The van der Waals surface area contributed by atoms with Gasteiger partial charge in [0.1, 0.15) is 5.82 Å². The maximum Gasteiger partial charge on any atom is 0.257 e. The third-order valence-corrected chi connectivity index (χ3v) is 6.08. The van der Waals surface area contributed by atoms with E-state index < -0.39 is 0 Å². The molecule has 0 atom stereocenters. The van der Waals surface area contributed by atoms with Crippen molar-refractivity contribution in [3.8, 4) is 10.7 Å². The molecule has 1 fully saturated rings. The number of pyridine rings is 1. The molecule has 5 rings (SSSR count). The van der Waals surface area contributed by atoms with Crippen molar-refractivity contribution in [3.63, 3.8) is 0 Å². The second-order valence-electron chi connectivity index (χ2n) is 7.14. The molecule has 0 unspecified atom stereocenters. The number of nitrogens with zero attached hydrogens (tertiary/aromatic N) is 4. The normalized spacial score (nSPS) is 13.9. The maximum absolute atomic E-state index is 12.6. The summed E-state index contributed by atoms with van der Waals surface area (Å²) < 4.78 is 0. The number of aromatic nitrogens is 4. The Bertz CT molecular complexity index is 1170. The Morgan fingerprint density at radius 3 is 2.76 bits per heavy atom. The lowest BCUT2D eigenvalue weighted by Gasteiger charge is -2.16. The smallest absolute Gasteiger partial charge is 0.257 e. The van der Waals surface area contributed by atoms with Gasteiger partial charge in [0, 0.05) is 25.0 Å². The minimum absolute atomic E-state index is 0.178. The molecular weight excluding hydrogens is 384 g/mol. The highest BCUT2D eigenvalue weighted by Crippen LogP contribution is 2.28. The van der Waals surface area contributed by atoms with E-state index in [1.54, 1.807) is 17.5 Å². The summed E-state index contributed by atoms with van der Waals surface area (Å²) in [6, 6.07) is 9.40. The number of amides is 1. The summed E-state index contributed by atoms with van der Waals surface area (Å²) in [4.78, 5) is 32.6. The number of hydrogen-bond donors (Lipinski definition) is 2. The van der Waals surface area contributed by atoms with E-state index in [0.717, 1.165) is 46.3 Å². The molecule has 1 aliphatic rings. The fourth-order valence-corrected chi connectivity index (χ4v) is 4.33. The average Bonchev–Trinajstić information content (AvgIpc) is 3.48. The van der Waals surface area contributed by atoms with Gasteiger partial charge in [-0.3, -0.25) is 4.79 Å². The molecule has 4 heterocycles. The average molecular weight is 404 g/mol. The highest BCUT2D eigenvalue weighted by molar-refractivity contribution is 7.13. The Balaban J connectivity index is 1.34. The van der Waals surface area contributed by atoms with Crippen molar-refractivity contribution in [2.24, 2.45) is 0 Å². The number of benzene rings is 1. The van der Waals surface area contributed by atoms with E-state index in [1.807, 2.05) is 42.8 Å². The summed E-state index contributed by atoms with van der Waals surface area (Å²) in [6.45, 7) is 4.03. The first-order valence-electron chi connectivity index (χ1n) is 9.60. The Hall–Kier alpha value is -3.26. The molecular formula is C21H20N6OS. The first-order valence-corrected chi connectivity index (χ1v) is 10.5. The van der Waals surface area contributed by atoms with Gasteiger partial charge in [0.15, 0.2) is 5.82 Å². The number of fused-ring (bicyclic) bond motifs is 1. The van der Waals surface area contributed by atoms with Gasteiger partial charge in [-0.2, -0.15) is 0 Å². The van der Waals surface area contributed by atoms with Crippen LogP contribution in [0.5, 0.6) is 0 Å². The summed E-state index contributed by atoms with van der Waals surface area (Å²) in [5.74, 6) is 1.55. The van der Waals surface area contributed by atoms with E-state index in [0.29, 0.717) is 11.3 Å². The fraction of sp³-hybridized carbons (Fsp3) is 0.238. The van der Waals surface area contributed by atoms with Crippen LogP contribution in [0.3, 0.4) is 0 Å². The van der Waals surface area contributed by atoms with E-state index in [4.69, 9.17) is 0 Å². The maximum atomic E-state index is 12.6. The number of aromatic amines is 1. The summed E-state index contributed by atoms with van der Waals surface area (Å²) in [5.41, 5.74) is 5.73. The Kier molecular flexibility index (Phi) is 4.48. The number of hydrogen-bond acceptors (Lipinski definition) is 6. The summed E-state index contributed by atoms with van der Waals surface area (Å²) >= 11 is 1.56. The molecule has 29 heavy (non-hydrogen) atoms. The van der Waals surface area contributed by atoms with Gasteiger partial charge in [-0.1, -0.05) is 0 Å². The summed E-state index contributed by atoms with van der Waals surface area (Å²) in [6.07, 6.45) is 4.04. The van der Waals surface area contributed by atoms with Crippen molar-refractivity contribution in [1.82, 2.24) is 19.9 Å². The summed E-state index contributed by atoms with van der Waals surface area (Å²) in [5, 5.41) is 2.94. The number of carbonyl (C=O) groups is 1. The van der Waals surface area contributed by atoms with E-state index in [2.05, 4.69) is 30.2 Å². The zero-order valence-electron chi connectivity index (χ0n) is 16.0. The van der Waals surface area contributed by atoms with Crippen LogP contribution in [-0.4, -0.2) is 38.9 Å². The van der Waals surface area contributed by atoms with Crippen LogP contribution in [0.4, 0.5) is 11.5 Å². The lowest BCUT2D eigenvalue weighted by atomic mass is 10.2. The Labute approximate surface area is 171 Å². The van der Waals surface area contributed by atoms with Crippen molar-refractivity contribution in [2.75, 3.05) is 23.3 Å². The predicted molar refractivity (Wildman–Crippen MR) is 116 cm³/mol. The van der Waals surface area contributed by atoms with Gasteiger partial charge in [-0.05, 0) is 50.1 Å². The van der Waals surface area contributed by atoms with Crippen molar-refractivity contribution in [3.05, 3.63) is 53.3 Å². The lowest BCUT2D eigenvalue weighted by Crippen LogP contribution is -2.19. The molecule has 7 nitrogen and oxygen atoms in total. The van der Waals surface area contributed by atoms with Crippen molar-refractivity contribution in [1.29, 1.82) is 0 Å². The number of carbonyl (C=O) groups excluding carboxylic acids is 1. The molecule has 0 spiro atoms. The van der Waals surface area contributed by atoms with Crippen molar-refractivity contribution >= 4 is 39.8 Å². The van der Waals surface area contributed by atoms with Crippen LogP contribution >= 0.6 is 11.3 Å². The van der Waals surface area contributed by atoms with Crippen molar-refractivity contribution < 1.29 is 4.79 Å². The highest BCUT2D eigenvalue weighted by Gasteiger charge is 2.15. The zero-order chi connectivity index (χ0) is 19.8. The number of imidazole rings is 1. The van der Waals surface area contributed by atoms with E-state index in [-0.39, 0.29) is 5.91 Å². The van der Waals surface area contributed by atoms with Crippen LogP contribution in [-0.2, 0) is 0 Å². The molecule has 2 N–H and O–H groups in total. The molecule has 4 aromatic rings. The molecule has 0 radical (unpaired) electrons. The van der Waals surface area contributed by atoms with Gasteiger partial charge in [0.2, 0.25) is 0 Å². The van der Waals surface area contributed by atoms with Gasteiger partial charge in [0.25, 0.3) is 5.91 Å². The molecule has 0 saturated carbocycles. The number of H-pyrrole nitrogens is 1. The van der Waals surface area contributed by atoms with Crippen molar-refractivity contribution in [2.45, 2.75) is 19.8 Å². The predicted octanol–water partition coefficient (Wildman–Crippen LogP) is 4.24. The first-order chi connectivity index (χ1) is 14.2. The zero-order valence-corrected chi connectivity index (χ0v) is 16.8. The molecule has 0 bridgehead atoms. The van der Waals surface area contributed by atoms with Crippen LogP contribution in [0.25, 0.3) is 21.7 Å². The fourth-order valence-electron chi connectivity index (χ4n) is 3.58. The second-order valence-corrected chi connectivity index (χ2v) is 7.99. The van der Waals surface area contributed by atoms with E-state index in [1.165, 1.54) is 12.8 Å². The SMILES string of the molecule is Cc1ncsc1-c1nc2ccc(NC(=O)c3ccc(N4CCCC4)nc3)cc2[nH]1. The van der Waals surface area contributed by atoms with E-state index >= 15 is 0 Å². The van der Waals surface area contributed by atoms with Gasteiger partial charge in [0.05, 0.1) is 32.7 Å². The quantitative estimate of drug-likeness (QED) is 0.531. The van der Waals surface area contributed by atoms with Crippen LogP contribution in [0, 0.1) is 6.92 Å². The van der Waals surface area contributed by atoms with Gasteiger partial charge >= 0.3 is 0 Å². The number of nitrogens with one attached hydrogen (secondary N) is 2. The van der Waals surface area contributed by atoms with Gasteiger partial charge in [-0.15, -0.1) is 11.3 Å². The van der Waals surface area contributed by atoms with E-state index in [9.17, 15) is 4.79 Å². The summed E-state index contributed by atoms with van der Waals surface area (Å²) in [7, 11) is 0.